The standard InChI is InChI=1S/C6H10OS2/c1-2-6(7-3-1)8-4-5-9-6/h1-5H2. The third kappa shape index (κ3) is 1.10. The van der Waals surface area contributed by atoms with Gasteiger partial charge in [0.1, 0.15) is 0 Å². The van der Waals surface area contributed by atoms with Crippen molar-refractivity contribution >= 4 is 23.5 Å². The lowest BCUT2D eigenvalue weighted by atomic mass is 10.4. The molecule has 3 heteroatoms. The summed E-state index contributed by atoms with van der Waals surface area (Å²) in [5.74, 6) is 2.56. The van der Waals surface area contributed by atoms with Gasteiger partial charge < -0.3 is 4.74 Å². The molecular weight excluding hydrogens is 152 g/mol. The Balaban J connectivity index is 2.04. The second-order valence-corrected chi connectivity index (χ2v) is 5.30. The Morgan fingerprint density at radius 3 is 2.56 bits per heavy atom. The first kappa shape index (κ1) is 6.38. The van der Waals surface area contributed by atoms with Crippen molar-refractivity contribution < 1.29 is 4.74 Å². The van der Waals surface area contributed by atoms with Crippen LogP contribution in [0.2, 0.25) is 0 Å². The smallest absolute Gasteiger partial charge is 0.160 e. The van der Waals surface area contributed by atoms with Crippen LogP contribution in [-0.2, 0) is 4.74 Å². The number of thioether (sulfide) groups is 2. The van der Waals surface area contributed by atoms with E-state index in [2.05, 4.69) is 0 Å². The van der Waals surface area contributed by atoms with Crippen LogP contribution in [-0.4, -0.2) is 22.4 Å². The fourth-order valence-electron chi connectivity index (χ4n) is 1.25. The average molecular weight is 162 g/mol. The van der Waals surface area contributed by atoms with Crippen molar-refractivity contribution in [2.24, 2.45) is 0 Å². The van der Waals surface area contributed by atoms with Crippen molar-refractivity contribution in [1.82, 2.24) is 0 Å². The minimum atomic E-state index is 0.222. The van der Waals surface area contributed by atoms with Gasteiger partial charge >= 0.3 is 0 Å². The minimum Gasteiger partial charge on any atom is -0.355 e. The molecule has 1 nitrogen and oxygen atoms in total. The van der Waals surface area contributed by atoms with Gasteiger partial charge in [0.25, 0.3) is 0 Å². The van der Waals surface area contributed by atoms with Crippen molar-refractivity contribution in [1.29, 1.82) is 0 Å². The second-order valence-electron chi connectivity index (χ2n) is 2.33. The Kier molecular flexibility index (Phi) is 1.67. The molecule has 0 atom stereocenters. The van der Waals surface area contributed by atoms with E-state index in [0.29, 0.717) is 0 Å². The van der Waals surface area contributed by atoms with E-state index >= 15 is 0 Å². The lowest BCUT2D eigenvalue weighted by Crippen LogP contribution is -2.13. The molecule has 2 heterocycles. The topological polar surface area (TPSA) is 9.23 Å². The van der Waals surface area contributed by atoms with Crippen molar-refractivity contribution in [3.63, 3.8) is 0 Å². The summed E-state index contributed by atoms with van der Waals surface area (Å²) >= 11 is 3.99. The first-order valence-electron chi connectivity index (χ1n) is 3.33. The van der Waals surface area contributed by atoms with Gasteiger partial charge in [-0.05, 0) is 12.8 Å². The van der Waals surface area contributed by atoms with E-state index in [1.54, 1.807) is 0 Å². The van der Waals surface area contributed by atoms with Crippen LogP contribution in [0.3, 0.4) is 0 Å². The number of ether oxygens (including phenoxy) is 1. The van der Waals surface area contributed by atoms with Crippen molar-refractivity contribution in [2.45, 2.75) is 17.1 Å². The molecule has 0 aliphatic carbocycles. The Bertz CT molecular complexity index is 86.1. The van der Waals surface area contributed by atoms with Crippen LogP contribution in [0.1, 0.15) is 12.8 Å². The van der Waals surface area contributed by atoms with Crippen molar-refractivity contribution in [3.05, 3.63) is 0 Å². The predicted molar refractivity (Wildman–Crippen MR) is 42.8 cm³/mol. The molecule has 0 aromatic rings. The molecule has 0 unspecified atom stereocenters. The number of rotatable bonds is 0. The molecule has 2 saturated heterocycles. The molecule has 0 bridgehead atoms. The summed E-state index contributed by atoms with van der Waals surface area (Å²) in [6.45, 7) is 0.986. The molecular formula is C6H10OS2. The van der Waals surface area contributed by atoms with Gasteiger partial charge in [-0.2, -0.15) is 0 Å². The molecule has 0 amide bonds. The van der Waals surface area contributed by atoms with E-state index in [1.165, 1.54) is 24.3 Å². The van der Waals surface area contributed by atoms with E-state index in [-0.39, 0.29) is 4.27 Å². The predicted octanol–water partition coefficient (Wildman–Crippen LogP) is 1.93. The number of hydrogen-bond acceptors (Lipinski definition) is 3. The zero-order valence-corrected chi connectivity index (χ0v) is 6.89. The van der Waals surface area contributed by atoms with Crippen LogP contribution in [0.25, 0.3) is 0 Å². The summed E-state index contributed by atoms with van der Waals surface area (Å²) in [6, 6.07) is 0. The van der Waals surface area contributed by atoms with Crippen LogP contribution in [0.5, 0.6) is 0 Å². The fraction of sp³-hybridized carbons (Fsp3) is 1.00. The fourth-order valence-corrected chi connectivity index (χ4v) is 4.28. The Morgan fingerprint density at radius 1 is 1.22 bits per heavy atom. The first-order chi connectivity index (χ1) is 4.41. The summed E-state index contributed by atoms with van der Waals surface area (Å²) < 4.78 is 5.85. The van der Waals surface area contributed by atoms with E-state index < -0.39 is 0 Å². The van der Waals surface area contributed by atoms with Crippen LogP contribution in [0, 0.1) is 0 Å². The maximum Gasteiger partial charge on any atom is 0.160 e. The van der Waals surface area contributed by atoms with Crippen LogP contribution < -0.4 is 0 Å². The third-order valence-corrected chi connectivity index (χ3v) is 4.98. The second kappa shape index (κ2) is 2.36. The molecule has 9 heavy (non-hydrogen) atoms. The van der Waals surface area contributed by atoms with Gasteiger partial charge in [-0.15, -0.1) is 23.5 Å². The van der Waals surface area contributed by atoms with Crippen LogP contribution in [0.4, 0.5) is 0 Å². The average Bonchev–Trinajstić information content (AvgIpc) is 2.45. The lowest BCUT2D eigenvalue weighted by molar-refractivity contribution is 0.151. The highest BCUT2D eigenvalue weighted by atomic mass is 32.2. The van der Waals surface area contributed by atoms with Crippen molar-refractivity contribution in [2.75, 3.05) is 18.1 Å². The SMILES string of the molecule is C1COC2(C1)SCCS2. The summed E-state index contributed by atoms with van der Waals surface area (Å²) in [7, 11) is 0. The molecule has 2 rings (SSSR count). The Labute approximate surface area is 63.9 Å². The molecule has 2 fully saturated rings. The van der Waals surface area contributed by atoms with Crippen LogP contribution >= 0.6 is 23.5 Å². The maximum atomic E-state index is 5.63. The molecule has 52 valence electrons. The molecule has 1 spiro atoms. The zero-order chi connectivity index (χ0) is 6.16. The van der Waals surface area contributed by atoms with Gasteiger partial charge in [-0.3, -0.25) is 0 Å². The highest BCUT2D eigenvalue weighted by Gasteiger charge is 2.39. The van der Waals surface area contributed by atoms with Gasteiger partial charge in [-0.1, -0.05) is 0 Å². The summed E-state index contributed by atoms with van der Waals surface area (Å²) in [5.41, 5.74) is 0. The van der Waals surface area contributed by atoms with E-state index in [0.717, 1.165) is 6.61 Å². The molecule has 2 aliphatic rings. The molecule has 0 aromatic heterocycles. The minimum absolute atomic E-state index is 0.222. The molecule has 2 aliphatic heterocycles. The largest absolute Gasteiger partial charge is 0.355 e. The molecule has 0 saturated carbocycles. The highest BCUT2D eigenvalue weighted by Crippen LogP contribution is 2.50. The summed E-state index contributed by atoms with van der Waals surface area (Å²) in [4.78, 5) is 0. The molecule has 0 N–H and O–H groups in total. The highest BCUT2D eigenvalue weighted by molar-refractivity contribution is 8.21. The van der Waals surface area contributed by atoms with Gasteiger partial charge in [-0.25, -0.2) is 0 Å². The number of hydrogen-bond donors (Lipinski definition) is 0. The van der Waals surface area contributed by atoms with Crippen LogP contribution in [0.15, 0.2) is 0 Å². The quantitative estimate of drug-likeness (QED) is 0.538. The molecule has 0 radical (unpaired) electrons. The normalized spacial score (nSPS) is 32.0. The third-order valence-electron chi connectivity index (χ3n) is 1.68. The lowest BCUT2D eigenvalue weighted by Gasteiger charge is -2.18. The monoisotopic (exact) mass is 162 g/mol. The van der Waals surface area contributed by atoms with E-state index in [1.807, 2.05) is 23.5 Å². The summed E-state index contributed by atoms with van der Waals surface area (Å²) in [6.07, 6.45) is 2.53. The summed E-state index contributed by atoms with van der Waals surface area (Å²) in [5, 5.41) is 0. The first-order valence-corrected chi connectivity index (χ1v) is 5.30. The van der Waals surface area contributed by atoms with Gasteiger partial charge in [0, 0.05) is 18.1 Å². The Hall–Kier alpha value is 0.660. The van der Waals surface area contributed by atoms with E-state index in [4.69, 9.17) is 4.74 Å². The van der Waals surface area contributed by atoms with E-state index in [9.17, 15) is 0 Å². The zero-order valence-electron chi connectivity index (χ0n) is 5.26. The maximum absolute atomic E-state index is 5.63. The Morgan fingerprint density at radius 2 is 2.00 bits per heavy atom. The van der Waals surface area contributed by atoms with Crippen molar-refractivity contribution in [3.8, 4) is 0 Å². The van der Waals surface area contributed by atoms with Gasteiger partial charge in [0.05, 0.1) is 0 Å². The van der Waals surface area contributed by atoms with Gasteiger partial charge in [0.15, 0.2) is 4.27 Å². The molecule has 0 aromatic carbocycles. The van der Waals surface area contributed by atoms with Gasteiger partial charge in [0.2, 0.25) is 0 Å².